The molecule has 0 spiro atoms. The van der Waals surface area contributed by atoms with Crippen LogP contribution in [0.25, 0.3) is 0 Å². The number of unbranched alkanes of at least 4 members (excludes halogenated alkanes) is 11. The molecule has 0 aliphatic carbocycles. The summed E-state index contributed by atoms with van der Waals surface area (Å²) in [7, 11) is 0. The topological polar surface area (TPSA) is 63.6 Å². The van der Waals surface area contributed by atoms with Gasteiger partial charge < -0.3 is 11.3 Å². The second kappa shape index (κ2) is 22.2. The molecule has 1 N–H and O–H groups in total. The zero-order valence-corrected chi connectivity index (χ0v) is 23.6. The van der Waals surface area contributed by atoms with Gasteiger partial charge in [0.05, 0.1) is 0 Å². The quantitative estimate of drug-likeness (QED) is 0.157. The third-order valence-corrected chi connectivity index (χ3v) is 4.20. The fourth-order valence-corrected chi connectivity index (χ4v) is 2.59. The number of esters is 2. The summed E-state index contributed by atoms with van der Waals surface area (Å²) in [6.45, 7) is 3.54. The zero-order chi connectivity index (χ0) is 18.8. The van der Waals surface area contributed by atoms with E-state index in [1.165, 1.54) is 64.7 Å². The number of ether oxygens (including phenoxy) is 1. The molecule has 26 heavy (non-hydrogen) atoms. The van der Waals surface area contributed by atoms with Crippen molar-refractivity contribution in [3.8, 4) is 0 Å². The maximum atomic E-state index is 11.3. The van der Waals surface area contributed by atoms with Crippen molar-refractivity contribution in [3.05, 3.63) is 12.2 Å². The van der Waals surface area contributed by atoms with Crippen molar-refractivity contribution in [1.82, 2.24) is 0 Å². The van der Waals surface area contributed by atoms with Crippen molar-refractivity contribution >= 4 is 11.9 Å². The summed E-state index contributed by atoms with van der Waals surface area (Å²) >= 11 is 0. The van der Waals surface area contributed by atoms with Gasteiger partial charge in [0, 0.05) is 6.42 Å². The van der Waals surface area contributed by atoms with Crippen LogP contribution in [0.3, 0.4) is 0 Å². The fraction of sp³-hybridized carbons (Fsp3) is 0.810. The number of aliphatic hydroxyl groups is 1. The Balaban J connectivity index is -0.00000288. The van der Waals surface area contributed by atoms with Gasteiger partial charge in [0.1, 0.15) is 6.10 Å². The molecule has 0 radical (unpaired) electrons. The van der Waals surface area contributed by atoms with Gasteiger partial charge >= 0.3 is 80.8 Å². The van der Waals surface area contributed by atoms with E-state index in [0.29, 0.717) is 0 Å². The van der Waals surface area contributed by atoms with Crippen LogP contribution in [0.15, 0.2) is 12.2 Å². The van der Waals surface area contributed by atoms with Crippen molar-refractivity contribution in [3.63, 3.8) is 0 Å². The molecule has 1 atom stereocenters. The Kier molecular flexibility index (Phi) is 24.8. The number of aliphatic hydroxyl groups excluding tert-OH is 1. The number of hydrogen-bond donors (Lipinski definition) is 1. The van der Waals surface area contributed by atoms with Crippen LogP contribution in [-0.2, 0) is 14.3 Å². The molecule has 148 valence electrons. The zero-order valence-electron chi connectivity index (χ0n) is 18.3. The van der Waals surface area contributed by atoms with Crippen molar-refractivity contribution in [2.24, 2.45) is 0 Å². The number of carbonyl (C=O) groups is 2. The Hall–Kier alpha value is 0.892. The maximum Gasteiger partial charge on any atom is 1.00 e. The third kappa shape index (κ3) is 21.2. The van der Waals surface area contributed by atoms with E-state index in [0.717, 1.165) is 25.7 Å². The average molecular weight is 488 g/mol. The predicted octanol–water partition coefficient (Wildman–Crippen LogP) is 2.59. The molecule has 1 unspecified atom stereocenters. The molecule has 4 nitrogen and oxygen atoms in total. The van der Waals surface area contributed by atoms with E-state index in [-0.39, 0.29) is 76.7 Å². The summed E-state index contributed by atoms with van der Waals surface area (Å²) in [6.07, 6.45) is 19.3. The summed E-state index contributed by atoms with van der Waals surface area (Å²) in [4.78, 5) is 22.3. The molecule has 0 saturated carbocycles. The summed E-state index contributed by atoms with van der Waals surface area (Å²) < 4.78 is 4.49. The second-order valence-corrected chi connectivity index (χ2v) is 6.80. The van der Waals surface area contributed by atoms with E-state index in [9.17, 15) is 9.59 Å². The van der Waals surface area contributed by atoms with Gasteiger partial charge in [-0.1, -0.05) is 70.4 Å². The van der Waals surface area contributed by atoms with Crippen molar-refractivity contribution in [1.29, 1.82) is 0 Å². The molecule has 0 bridgehead atoms. The number of allylic oxidation sites excluding steroid dienone is 2. The first-order chi connectivity index (χ1) is 12.1. The predicted molar refractivity (Wildman–Crippen MR) is 103 cm³/mol. The van der Waals surface area contributed by atoms with Crippen molar-refractivity contribution in [2.75, 3.05) is 0 Å². The summed E-state index contributed by atoms with van der Waals surface area (Å²) in [6, 6.07) is 0. The van der Waals surface area contributed by atoms with Gasteiger partial charge in [-0.3, -0.25) is 4.79 Å². The first kappa shape index (κ1) is 29.1. The van der Waals surface area contributed by atoms with Crippen LogP contribution in [0.4, 0.5) is 0 Å². The Morgan fingerprint density at radius 2 is 1.35 bits per heavy atom. The molecule has 0 aliphatic heterocycles. The Labute approximate surface area is 220 Å². The van der Waals surface area contributed by atoms with Crippen LogP contribution < -0.4 is 68.9 Å². The van der Waals surface area contributed by atoms with Gasteiger partial charge in [0.2, 0.25) is 0 Å². The Bertz CT molecular complexity index is 373. The van der Waals surface area contributed by atoms with Gasteiger partial charge in [-0.2, -0.15) is 0 Å². The van der Waals surface area contributed by atoms with Gasteiger partial charge in [-0.15, -0.1) is 0 Å². The molecule has 0 aromatic carbocycles. The van der Waals surface area contributed by atoms with Gasteiger partial charge in [-0.05, 0) is 39.0 Å². The monoisotopic (exact) mass is 488 g/mol. The van der Waals surface area contributed by atoms with Crippen LogP contribution >= 0.6 is 0 Å². The minimum Gasteiger partial charge on any atom is -1.00 e. The average Bonchev–Trinajstić information content (AvgIpc) is 2.58. The normalized spacial score (nSPS) is 12.0. The van der Waals surface area contributed by atoms with E-state index >= 15 is 0 Å². The summed E-state index contributed by atoms with van der Waals surface area (Å²) in [5.74, 6) is -1.40. The largest absolute Gasteiger partial charge is 1.00 e. The SMILES string of the molecule is CCCCCCCC/C=C\CCCCCCCC(=O)OC(=O)C(C)O.[Cs+].[H-]. The number of rotatable bonds is 16. The standard InChI is InChI=1S/C21H38O4.Cs.H/c1-3-4-5-6-7-8-9-10-11-12-13-14-15-16-17-18-20(23)25-21(24)19(2)22;;/h10-11,19,22H,3-9,12-18H2,1-2H3;;/q;+1;-1/b11-10-;;. The van der Waals surface area contributed by atoms with Crippen LogP contribution in [0, 0.1) is 0 Å². The van der Waals surface area contributed by atoms with Crippen LogP contribution in [0.2, 0.25) is 0 Å². The molecule has 5 heteroatoms. The van der Waals surface area contributed by atoms with Crippen LogP contribution in [0.1, 0.15) is 105 Å². The summed E-state index contributed by atoms with van der Waals surface area (Å²) in [5.41, 5.74) is 0. The van der Waals surface area contributed by atoms with Gasteiger partial charge in [-0.25, -0.2) is 4.79 Å². The van der Waals surface area contributed by atoms with E-state index < -0.39 is 18.0 Å². The van der Waals surface area contributed by atoms with Crippen LogP contribution in [0.5, 0.6) is 0 Å². The van der Waals surface area contributed by atoms with Gasteiger partial charge in [0.15, 0.2) is 0 Å². The van der Waals surface area contributed by atoms with Crippen molar-refractivity contribution in [2.45, 2.75) is 110 Å². The number of hydrogen-bond acceptors (Lipinski definition) is 4. The van der Waals surface area contributed by atoms with Crippen molar-refractivity contribution < 1.29 is 89.8 Å². The smallest absolute Gasteiger partial charge is 1.00 e. The van der Waals surface area contributed by atoms with E-state index in [1.54, 1.807) is 0 Å². The maximum absolute atomic E-state index is 11.3. The molecule has 0 heterocycles. The van der Waals surface area contributed by atoms with Gasteiger partial charge in [0.25, 0.3) is 0 Å². The molecule has 0 fully saturated rings. The molecule has 0 saturated heterocycles. The fourth-order valence-electron chi connectivity index (χ4n) is 2.59. The molecule has 0 aromatic rings. The Morgan fingerprint density at radius 3 is 1.85 bits per heavy atom. The molecular formula is C21H39CsO4. The minimum absolute atomic E-state index is 0. The van der Waals surface area contributed by atoms with E-state index in [2.05, 4.69) is 23.8 Å². The molecule has 0 rings (SSSR count). The number of carbonyl (C=O) groups excluding carboxylic acids is 2. The van der Waals surface area contributed by atoms with Crippen LogP contribution in [-0.4, -0.2) is 23.1 Å². The molecule has 0 amide bonds. The first-order valence-electron chi connectivity index (χ1n) is 10.2. The summed E-state index contributed by atoms with van der Waals surface area (Å²) in [5, 5.41) is 8.94. The molecule has 0 aliphatic rings. The molecular weight excluding hydrogens is 449 g/mol. The minimum atomic E-state index is -1.24. The van der Waals surface area contributed by atoms with E-state index in [1.807, 2.05) is 0 Å². The molecule has 0 aromatic heterocycles. The van der Waals surface area contributed by atoms with E-state index in [4.69, 9.17) is 5.11 Å². The third-order valence-electron chi connectivity index (χ3n) is 4.20. The Morgan fingerprint density at radius 1 is 0.885 bits per heavy atom. The first-order valence-corrected chi connectivity index (χ1v) is 10.2. The second-order valence-electron chi connectivity index (χ2n) is 6.80.